The second-order valence-corrected chi connectivity index (χ2v) is 5.74. The fraction of sp³-hybridized carbons (Fsp3) is 0.214. The third-order valence-electron chi connectivity index (χ3n) is 2.87. The lowest BCUT2D eigenvalue weighted by molar-refractivity contribution is 0.432. The highest BCUT2D eigenvalue weighted by molar-refractivity contribution is 7.18. The molecule has 3 rings (SSSR count). The summed E-state index contributed by atoms with van der Waals surface area (Å²) in [6.07, 6.45) is 0. The van der Waals surface area contributed by atoms with Crippen LogP contribution in [0.4, 0.5) is 5.13 Å². The molecule has 6 heteroatoms. The number of thiazole rings is 1. The normalized spacial score (nSPS) is 11.2. The molecule has 0 aliphatic heterocycles. The van der Waals surface area contributed by atoms with Gasteiger partial charge in [0.05, 0.1) is 5.69 Å². The molecule has 0 radical (unpaired) electrons. The van der Waals surface area contributed by atoms with E-state index in [1.807, 2.05) is 30.3 Å². The minimum atomic E-state index is 0.255. The summed E-state index contributed by atoms with van der Waals surface area (Å²) < 4.78 is 5.36. The van der Waals surface area contributed by atoms with Crippen LogP contribution in [0.15, 0.2) is 34.9 Å². The molecule has 0 atom stereocenters. The molecule has 0 bridgehead atoms. The molecule has 20 heavy (non-hydrogen) atoms. The summed E-state index contributed by atoms with van der Waals surface area (Å²) in [7, 11) is 0. The van der Waals surface area contributed by atoms with Crippen molar-refractivity contribution < 1.29 is 4.52 Å². The predicted octanol–water partition coefficient (Wildman–Crippen LogP) is 3.57. The smallest absolute Gasteiger partial charge is 0.270 e. The van der Waals surface area contributed by atoms with Crippen molar-refractivity contribution in [3.05, 3.63) is 36.0 Å². The zero-order chi connectivity index (χ0) is 14.1. The van der Waals surface area contributed by atoms with E-state index in [1.165, 1.54) is 11.3 Å². The summed E-state index contributed by atoms with van der Waals surface area (Å²) >= 11 is 1.37. The maximum absolute atomic E-state index is 5.79. The van der Waals surface area contributed by atoms with Gasteiger partial charge in [0.25, 0.3) is 5.89 Å². The van der Waals surface area contributed by atoms with E-state index in [1.54, 1.807) is 0 Å². The second-order valence-electron chi connectivity index (χ2n) is 4.71. The molecule has 0 aliphatic carbocycles. The Morgan fingerprint density at radius 2 is 1.90 bits per heavy atom. The molecular formula is C14H14N4OS. The number of nitrogens with zero attached hydrogens (tertiary/aromatic N) is 3. The lowest BCUT2D eigenvalue weighted by Crippen LogP contribution is -1.91. The van der Waals surface area contributed by atoms with Gasteiger partial charge < -0.3 is 10.3 Å². The van der Waals surface area contributed by atoms with Gasteiger partial charge in [-0.2, -0.15) is 4.98 Å². The molecule has 0 unspecified atom stereocenters. The summed E-state index contributed by atoms with van der Waals surface area (Å²) in [6.45, 7) is 4.12. The van der Waals surface area contributed by atoms with Gasteiger partial charge in [0.2, 0.25) is 5.82 Å². The van der Waals surface area contributed by atoms with Gasteiger partial charge in [0, 0.05) is 5.56 Å². The predicted molar refractivity (Wildman–Crippen MR) is 79.3 cm³/mol. The Morgan fingerprint density at radius 1 is 1.15 bits per heavy atom. The average molecular weight is 286 g/mol. The van der Waals surface area contributed by atoms with E-state index in [0.717, 1.165) is 16.1 Å². The van der Waals surface area contributed by atoms with Crippen LogP contribution in [-0.2, 0) is 0 Å². The summed E-state index contributed by atoms with van der Waals surface area (Å²) in [4.78, 5) is 9.64. The molecule has 1 aromatic carbocycles. The van der Waals surface area contributed by atoms with Gasteiger partial charge in [0.15, 0.2) is 5.13 Å². The molecule has 0 spiro atoms. The van der Waals surface area contributed by atoms with Crippen molar-refractivity contribution in [1.29, 1.82) is 0 Å². The van der Waals surface area contributed by atoms with Gasteiger partial charge in [-0.3, -0.25) is 0 Å². The van der Waals surface area contributed by atoms with E-state index in [0.29, 0.717) is 16.8 Å². The molecule has 0 saturated carbocycles. The summed E-state index contributed by atoms with van der Waals surface area (Å²) in [5.41, 5.74) is 7.61. The van der Waals surface area contributed by atoms with Crippen molar-refractivity contribution in [2.24, 2.45) is 0 Å². The van der Waals surface area contributed by atoms with Crippen molar-refractivity contribution >= 4 is 16.5 Å². The van der Waals surface area contributed by atoms with E-state index < -0.39 is 0 Å². The van der Waals surface area contributed by atoms with Gasteiger partial charge in [-0.1, -0.05) is 60.7 Å². The number of hydrogen-bond donors (Lipinski definition) is 1. The molecule has 5 nitrogen and oxygen atoms in total. The fourth-order valence-corrected chi connectivity index (χ4v) is 2.82. The van der Waals surface area contributed by atoms with E-state index in [2.05, 4.69) is 29.0 Å². The Bertz CT molecular complexity index is 718. The van der Waals surface area contributed by atoms with Crippen LogP contribution < -0.4 is 5.73 Å². The van der Waals surface area contributed by atoms with Crippen LogP contribution >= 0.6 is 11.3 Å². The maximum Gasteiger partial charge on any atom is 0.270 e. The van der Waals surface area contributed by atoms with Gasteiger partial charge >= 0.3 is 0 Å². The van der Waals surface area contributed by atoms with Crippen LogP contribution in [0.1, 0.15) is 25.5 Å². The van der Waals surface area contributed by atoms with Crippen LogP contribution in [0.5, 0.6) is 0 Å². The Balaban J connectivity index is 2.03. The Kier molecular flexibility index (Phi) is 3.23. The molecule has 2 aromatic heterocycles. The van der Waals surface area contributed by atoms with Crippen molar-refractivity contribution in [1.82, 2.24) is 15.1 Å². The van der Waals surface area contributed by atoms with Crippen LogP contribution in [0, 0.1) is 0 Å². The second kappa shape index (κ2) is 5.05. The van der Waals surface area contributed by atoms with Crippen LogP contribution in [0.2, 0.25) is 0 Å². The highest BCUT2D eigenvalue weighted by atomic mass is 32.1. The molecule has 0 saturated heterocycles. The molecule has 0 amide bonds. The number of aromatic nitrogens is 3. The molecule has 0 aliphatic rings. The molecule has 0 fully saturated rings. The first-order valence-corrected chi connectivity index (χ1v) is 7.12. The van der Waals surface area contributed by atoms with Crippen molar-refractivity contribution in [2.45, 2.75) is 19.8 Å². The number of rotatable bonds is 3. The summed E-state index contributed by atoms with van der Waals surface area (Å²) in [5, 5.41) is 4.54. The molecule has 2 N–H and O–H groups in total. The topological polar surface area (TPSA) is 77.8 Å². The van der Waals surface area contributed by atoms with Gasteiger partial charge in [-0.25, -0.2) is 4.98 Å². The molecule has 102 valence electrons. The summed E-state index contributed by atoms with van der Waals surface area (Å²) in [5.74, 6) is 1.30. The minimum Gasteiger partial charge on any atom is -0.375 e. The van der Waals surface area contributed by atoms with Gasteiger partial charge in [-0.05, 0) is 5.92 Å². The average Bonchev–Trinajstić information content (AvgIpc) is 3.06. The van der Waals surface area contributed by atoms with Crippen LogP contribution in [-0.4, -0.2) is 15.1 Å². The SMILES string of the molecule is CC(C)c1nc(N)sc1-c1nc(-c2ccccc2)no1. The number of benzene rings is 1. The Labute approximate surface area is 120 Å². The lowest BCUT2D eigenvalue weighted by atomic mass is 10.1. The van der Waals surface area contributed by atoms with E-state index >= 15 is 0 Å². The Hall–Kier alpha value is -2.21. The quantitative estimate of drug-likeness (QED) is 0.796. The summed E-state index contributed by atoms with van der Waals surface area (Å²) in [6, 6.07) is 9.72. The largest absolute Gasteiger partial charge is 0.375 e. The molecular weight excluding hydrogens is 272 g/mol. The van der Waals surface area contributed by atoms with Crippen molar-refractivity contribution in [2.75, 3.05) is 5.73 Å². The fourth-order valence-electron chi connectivity index (χ4n) is 1.91. The first-order valence-electron chi connectivity index (χ1n) is 6.31. The maximum atomic E-state index is 5.79. The van der Waals surface area contributed by atoms with E-state index in [9.17, 15) is 0 Å². The Morgan fingerprint density at radius 3 is 2.60 bits per heavy atom. The third kappa shape index (κ3) is 2.30. The van der Waals surface area contributed by atoms with Crippen LogP contribution in [0.25, 0.3) is 22.2 Å². The monoisotopic (exact) mass is 286 g/mol. The molecule has 3 aromatic rings. The zero-order valence-electron chi connectivity index (χ0n) is 11.2. The number of anilines is 1. The number of nitrogens with two attached hydrogens (primary N) is 1. The minimum absolute atomic E-state index is 0.255. The van der Waals surface area contributed by atoms with E-state index in [4.69, 9.17) is 10.3 Å². The van der Waals surface area contributed by atoms with Crippen molar-refractivity contribution in [3.8, 4) is 22.2 Å². The third-order valence-corrected chi connectivity index (χ3v) is 3.76. The lowest BCUT2D eigenvalue weighted by Gasteiger charge is -2.00. The standard InChI is InChI=1S/C14H14N4OS/c1-8(2)10-11(20-14(15)16-10)13-17-12(18-19-13)9-6-4-3-5-7-9/h3-8H,1-2H3,(H2,15,16). The molecule has 2 heterocycles. The first kappa shape index (κ1) is 12.8. The zero-order valence-corrected chi connectivity index (χ0v) is 12.0. The first-order chi connectivity index (χ1) is 9.65. The van der Waals surface area contributed by atoms with Gasteiger partial charge in [-0.15, -0.1) is 0 Å². The highest BCUT2D eigenvalue weighted by Gasteiger charge is 2.20. The number of nitrogen functional groups attached to an aromatic ring is 1. The van der Waals surface area contributed by atoms with Crippen molar-refractivity contribution in [3.63, 3.8) is 0 Å². The van der Waals surface area contributed by atoms with Gasteiger partial charge in [0.1, 0.15) is 4.88 Å². The van der Waals surface area contributed by atoms with E-state index in [-0.39, 0.29) is 5.92 Å². The number of hydrogen-bond acceptors (Lipinski definition) is 6. The van der Waals surface area contributed by atoms with Crippen LogP contribution in [0.3, 0.4) is 0 Å². The highest BCUT2D eigenvalue weighted by Crippen LogP contribution is 2.35.